The number of alkyl halides is 2. The summed E-state index contributed by atoms with van der Waals surface area (Å²) >= 11 is 0. The standard InChI is InChI=1S/C15H21F2N3.HI/c1-20(2)14(18-10-12-6-4-3-5-7-12)19-11-13-8-15(16,17)9-13;/h3-7,13H,8-11H2,1-2H3,(H,18,19);1H. The lowest BCUT2D eigenvalue weighted by molar-refractivity contribution is -0.108. The van der Waals surface area contributed by atoms with Gasteiger partial charge in [-0.05, 0) is 11.5 Å². The van der Waals surface area contributed by atoms with E-state index in [2.05, 4.69) is 10.3 Å². The van der Waals surface area contributed by atoms with Crippen molar-refractivity contribution in [3.63, 3.8) is 0 Å². The second-order valence-electron chi connectivity index (χ2n) is 5.53. The molecule has 1 N–H and O–H groups in total. The van der Waals surface area contributed by atoms with E-state index in [4.69, 9.17) is 0 Å². The van der Waals surface area contributed by atoms with Crippen molar-refractivity contribution in [1.82, 2.24) is 10.2 Å². The van der Waals surface area contributed by atoms with E-state index in [0.717, 1.165) is 11.5 Å². The van der Waals surface area contributed by atoms with Crippen LogP contribution < -0.4 is 5.32 Å². The Morgan fingerprint density at radius 3 is 2.43 bits per heavy atom. The minimum absolute atomic E-state index is 0. The first-order valence-corrected chi connectivity index (χ1v) is 6.84. The van der Waals surface area contributed by atoms with Gasteiger partial charge in [-0.15, -0.1) is 24.0 Å². The van der Waals surface area contributed by atoms with Crippen molar-refractivity contribution < 1.29 is 8.78 Å². The van der Waals surface area contributed by atoms with Gasteiger partial charge in [-0.1, -0.05) is 30.3 Å². The normalized spacial score (nSPS) is 17.6. The second-order valence-corrected chi connectivity index (χ2v) is 5.53. The van der Waals surface area contributed by atoms with Crippen LogP contribution in [-0.4, -0.2) is 37.4 Å². The van der Waals surface area contributed by atoms with Crippen molar-refractivity contribution in [3.8, 4) is 0 Å². The van der Waals surface area contributed by atoms with Gasteiger partial charge in [0.15, 0.2) is 5.96 Å². The lowest BCUT2D eigenvalue weighted by Gasteiger charge is -2.35. The Kier molecular flexibility index (Phi) is 6.83. The van der Waals surface area contributed by atoms with Gasteiger partial charge in [-0.2, -0.15) is 0 Å². The Hall–Kier alpha value is -0.920. The van der Waals surface area contributed by atoms with E-state index in [1.54, 1.807) is 0 Å². The Morgan fingerprint density at radius 1 is 1.29 bits per heavy atom. The van der Waals surface area contributed by atoms with Crippen LogP contribution in [0.4, 0.5) is 8.78 Å². The lowest BCUT2D eigenvalue weighted by Crippen LogP contribution is -2.45. The number of nitrogens with one attached hydrogen (secondary N) is 1. The van der Waals surface area contributed by atoms with Crippen LogP contribution in [-0.2, 0) is 6.54 Å². The average Bonchev–Trinajstić information content (AvgIpc) is 2.37. The van der Waals surface area contributed by atoms with E-state index in [0.29, 0.717) is 13.1 Å². The monoisotopic (exact) mass is 409 g/mol. The zero-order valence-corrected chi connectivity index (χ0v) is 14.7. The molecule has 0 bridgehead atoms. The summed E-state index contributed by atoms with van der Waals surface area (Å²) in [7, 11) is 3.79. The molecule has 1 saturated carbocycles. The van der Waals surface area contributed by atoms with Crippen molar-refractivity contribution in [2.75, 3.05) is 20.6 Å². The molecular formula is C15H22F2IN3. The van der Waals surface area contributed by atoms with Gasteiger partial charge in [0.05, 0.1) is 6.54 Å². The highest BCUT2D eigenvalue weighted by molar-refractivity contribution is 14.0. The third-order valence-electron chi connectivity index (χ3n) is 3.40. The van der Waals surface area contributed by atoms with Crippen LogP contribution >= 0.6 is 24.0 Å². The molecule has 1 aliphatic carbocycles. The molecule has 3 nitrogen and oxygen atoms in total. The fraction of sp³-hybridized carbons (Fsp3) is 0.533. The molecule has 0 unspecified atom stereocenters. The SMILES string of the molecule is CN(C)C(=NCc1ccccc1)NCC1CC(F)(F)C1.I. The molecule has 0 aromatic heterocycles. The Labute approximate surface area is 141 Å². The second kappa shape index (κ2) is 7.91. The molecule has 0 saturated heterocycles. The van der Waals surface area contributed by atoms with Gasteiger partial charge in [0, 0.05) is 33.5 Å². The van der Waals surface area contributed by atoms with E-state index in [-0.39, 0.29) is 42.7 Å². The molecule has 0 atom stereocenters. The predicted molar refractivity (Wildman–Crippen MR) is 92.4 cm³/mol. The largest absolute Gasteiger partial charge is 0.356 e. The van der Waals surface area contributed by atoms with Crippen LogP contribution in [0, 0.1) is 5.92 Å². The molecule has 2 rings (SSSR count). The summed E-state index contributed by atoms with van der Waals surface area (Å²) in [4.78, 5) is 6.38. The van der Waals surface area contributed by atoms with Gasteiger partial charge < -0.3 is 10.2 Å². The molecule has 0 aliphatic heterocycles. The molecule has 118 valence electrons. The van der Waals surface area contributed by atoms with Gasteiger partial charge in [-0.3, -0.25) is 0 Å². The number of rotatable bonds is 4. The highest BCUT2D eigenvalue weighted by Crippen LogP contribution is 2.41. The van der Waals surface area contributed by atoms with Crippen LogP contribution in [0.5, 0.6) is 0 Å². The van der Waals surface area contributed by atoms with Gasteiger partial charge in [0.2, 0.25) is 5.92 Å². The third-order valence-corrected chi connectivity index (χ3v) is 3.40. The van der Waals surface area contributed by atoms with Crippen LogP contribution in [0.2, 0.25) is 0 Å². The number of benzene rings is 1. The number of aliphatic imine (C=N–C) groups is 1. The molecule has 0 heterocycles. The molecule has 0 spiro atoms. The summed E-state index contributed by atoms with van der Waals surface area (Å²) in [5.41, 5.74) is 1.13. The number of nitrogens with zero attached hydrogens (tertiary/aromatic N) is 2. The molecule has 0 amide bonds. The topological polar surface area (TPSA) is 27.6 Å². The van der Waals surface area contributed by atoms with Gasteiger partial charge in [-0.25, -0.2) is 13.8 Å². The maximum absolute atomic E-state index is 12.8. The van der Waals surface area contributed by atoms with E-state index >= 15 is 0 Å². The zero-order chi connectivity index (χ0) is 14.6. The number of guanidine groups is 1. The lowest BCUT2D eigenvalue weighted by atomic mass is 9.81. The molecule has 21 heavy (non-hydrogen) atoms. The van der Waals surface area contributed by atoms with Crippen molar-refractivity contribution in [3.05, 3.63) is 35.9 Å². The zero-order valence-electron chi connectivity index (χ0n) is 12.4. The van der Waals surface area contributed by atoms with Crippen LogP contribution in [0.25, 0.3) is 0 Å². The van der Waals surface area contributed by atoms with Crippen LogP contribution in [0.1, 0.15) is 18.4 Å². The van der Waals surface area contributed by atoms with Crippen molar-refractivity contribution in [2.45, 2.75) is 25.3 Å². The smallest absolute Gasteiger partial charge is 0.248 e. The summed E-state index contributed by atoms with van der Waals surface area (Å²) in [6.45, 7) is 1.14. The summed E-state index contributed by atoms with van der Waals surface area (Å²) in [6.07, 6.45) is -0.0290. The molecule has 1 aromatic carbocycles. The van der Waals surface area contributed by atoms with Crippen molar-refractivity contribution >= 4 is 29.9 Å². The number of halogens is 3. The van der Waals surface area contributed by atoms with Gasteiger partial charge >= 0.3 is 0 Å². The molecule has 6 heteroatoms. The minimum atomic E-state index is -2.45. The Morgan fingerprint density at radius 2 is 1.90 bits per heavy atom. The Balaban J connectivity index is 0.00000220. The van der Waals surface area contributed by atoms with Gasteiger partial charge in [0.1, 0.15) is 0 Å². The first-order chi connectivity index (χ1) is 9.46. The van der Waals surface area contributed by atoms with E-state index < -0.39 is 5.92 Å². The molecule has 1 fully saturated rings. The summed E-state index contributed by atoms with van der Waals surface area (Å²) < 4.78 is 25.5. The van der Waals surface area contributed by atoms with Gasteiger partial charge in [0.25, 0.3) is 0 Å². The molecule has 1 aromatic rings. The molecular weight excluding hydrogens is 387 g/mol. The molecule has 0 radical (unpaired) electrons. The fourth-order valence-corrected chi connectivity index (χ4v) is 2.27. The van der Waals surface area contributed by atoms with Crippen LogP contribution in [0.15, 0.2) is 35.3 Å². The van der Waals surface area contributed by atoms with E-state index in [1.807, 2.05) is 49.3 Å². The van der Waals surface area contributed by atoms with Crippen molar-refractivity contribution in [2.24, 2.45) is 10.9 Å². The predicted octanol–water partition coefficient (Wildman–Crippen LogP) is 3.36. The average molecular weight is 409 g/mol. The Bertz CT molecular complexity index is 455. The van der Waals surface area contributed by atoms with E-state index in [9.17, 15) is 8.78 Å². The summed E-state index contributed by atoms with van der Waals surface area (Å²) in [5.74, 6) is -1.66. The number of hydrogen-bond acceptors (Lipinski definition) is 1. The highest BCUT2D eigenvalue weighted by Gasteiger charge is 2.44. The maximum Gasteiger partial charge on any atom is 0.248 e. The summed E-state index contributed by atoms with van der Waals surface area (Å²) in [5, 5.41) is 3.17. The maximum atomic E-state index is 12.8. The van der Waals surface area contributed by atoms with Crippen molar-refractivity contribution in [1.29, 1.82) is 0 Å². The minimum Gasteiger partial charge on any atom is -0.356 e. The summed E-state index contributed by atoms with van der Waals surface area (Å²) in [6, 6.07) is 9.95. The third kappa shape index (κ3) is 5.76. The first-order valence-electron chi connectivity index (χ1n) is 6.84. The first kappa shape index (κ1) is 18.1. The molecule has 1 aliphatic rings. The number of hydrogen-bond donors (Lipinski definition) is 1. The highest BCUT2D eigenvalue weighted by atomic mass is 127. The fourth-order valence-electron chi connectivity index (χ4n) is 2.27. The quantitative estimate of drug-likeness (QED) is 0.469. The van der Waals surface area contributed by atoms with Crippen LogP contribution in [0.3, 0.4) is 0 Å². The van der Waals surface area contributed by atoms with E-state index in [1.165, 1.54) is 0 Å².